The molecule has 0 fully saturated rings. The lowest BCUT2D eigenvalue weighted by molar-refractivity contribution is 0.219. The van der Waals surface area contributed by atoms with E-state index in [-0.39, 0.29) is 6.10 Å². The monoisotopic (exact) mass is 126 g/mol. The summed E-state index contributed by atoms with van der Waals surface area (Å²) < 4.78 is 0. The Labute approximate surface area is 56.7 Å². The number of aliphatic hydroxyl groups is 1. The predicted molar refractivity (Wildman–Crippen MR) is 40.3 cm³/mol. The maximum Gasteiger partial charge on any atom is 0.0721 e. The van der Waals surface area contributed by atoms with Crippen LogP contribution in [-0.4, -0.2) is 11.2 Å². The van der Waals surface area contributed by atoms with Gasteiger partial charge in [0.2, 0.25) is 0 Å². The van der Waals surface area contributed by atoms with E-state index in [4.69, 9.17) is 5.11 Å². The molecule has 0 saturated carbocycles. The van der Waals surface area contributed by atoms with Crippen LogP contribution in [0.4, 0.5) is 0 Å². The molecule has 1 atom stereocenters. The minimum atomic E-state index is -0.304. The first kappa shape index (κ1) is 8.44. The molecule has 0 aliphatic rings. The molecule has 9 heavy (non-hydrogen) atoms. The third-order valence-corrected chi connectivity index (χ3v) is 1.02. The zero-order valence-electron chi connectivity index (χ0n) is 6.09. The number of hydrogen-bond donors (Lipinski definition) is 1. The minimum Gasteiger partial charge on any atom is -0.389 e. The van der Waals surface area contributed by atoms with Gasteiger partial charge in [-0.05, 0) is 13.3 Å². The second-order valence-electron chi connectivity index (χ2n) is 2.18. The van der Waals surface area contributed by atoms with E-state index in [1.54, 1.807) is 6.08 Å². The van der Waals surface area contributed by atoms with Crippen LogP contribution in [0.3, 0.4) is 0 Å². The highest BCUT2D eigenvalue weighted by atomic mass is 16.3. The summed E-state index contributed by atoms with van der Waals surface area (Å²) in [5.74, 6) is 0. The van der Waals surface area contributed by atoms with E-state index in [0.717, 1.165) is 12.0 Å². The third-order valence-electron chi connectivity index (χ3n) is 1.02. The quantitative estimate of drug-likeness (QED) is 0.572. The Morgan fingerprint density at radius 3 is 2.67 bits per heavy atom. The first-order chi connectivity index (χ1) is 4.16. The highest BCUT2D eigenvalue weighted by molar-refractivity contribution is 5.12. The average Bonchev–Trinajstić information content (AvgIpc) is 1.83. The fourth-order valence-corrected chi connectivity index (χ4v) is 0.411. The van der Waals surface area contributed by atoms with Crippen molar-refractivity contribution in [2.24, 2.45) is 0 Å². The first-order valence-corrected chi connectivity index (χ1v) is 3.18. The molecule has 0 aliphatic carbocycles. The molecule has 0 saturated heterocycles. The average molecular weight is 126 g/mol. The van der Waals surface area contributed by atoms with Crippen LogP contribution in [0.15, 0.2) is 24.3 Å². The van der Waals surface area contributed by atoms with Crippen molar-refractivity contribution in [2.75, 3.05) is 0 Å². The summed E-state index contributed by atoms with van der Waals surface area (Å²) in [6.45, 7) is 7.50. The van der Waals surface area contributed by atoms with Crippen molar-refractivity contribution in [3.8, 4) is 0 Å². The van der Waals surface area contributed by atoms with Crippen molar-refractivity contribution in [2.45, 2.75) is 26.4 Å². The van der Waals surface area contributed by atoms with Gasteiger partial charge in [-0.3, -0.25) is 0 Å². The van der Waals surface area contributed by atoms with Crippen molar-refractivity contribution in [1.82, 2.24) is 0 Å². The lowest BCUT2D eigenvalue weighted by Gasteiger charge is -1.97. The van der Waals surface area contributed by atoms with E-state index in [1.807, 2.05) is 19.9 Å². The summed E-state index contributed by atoms with van der Waals surface area (Å²) >= 11 is 0. The number of aliphatic hydroxyl groups excluding tert-OH is 1. The summed E-state index contributed by atoms with van der Waals surface area (Å²) in [7, 11) is 0. The molecule has 52 valence electrons. The molecular weight excluding hydrogens is 112 g/mol. The van der Waals surface area contributed by atoms with Crippen molar-refractivity contribution in [3.05, 3.63) is 24.3 Å². The maximum absolute atomic E-state index is 8.98. The second-order valence-corrected chi connectivity index (χ2v) is 2.18. The van der Waals surface area contributed by atoms with Crippen LogP contribution in [0.5, 0.6) is 0 Å². The topological polar surface area (TPSA) is 20.2 Å². The van der Waals surface area contributed by atoms with Gasteiger partial charge < -0.3 is 5.11 Å². The molecule has 0 aromatic heterocycles. The molecule has 0 bridgehead atoms. The van der Waals surface area contributed by atoms with Crippen LogP contribution in [0, 0.1) is 0 Å². The summed E-state index contributed by atoms with van der Waals surface area (Å²) in [5, 5.41) is 8.98. The van der Waals surface area contributed by atoms with Crippen LogP contribution in [-0.2, 0) is 0 Å². The smallest absolute Gasteiger partial charge is 0.0721 e. The highest BCUT2D eigenvalue weighted by Gasteiger charge is 1.90. The zero-order chi connectivity index (χ0) is 7.28. The zero-order valence-corrected chi connectivity index (χ0v) is 6.09. The lowest BCUT2D eigenvalue weighted by atomic mass is 10.2. The summed E-state index contributed by atoms with van der Waals surface area (Å²) in [6, 6.07) is 0. The van der Waals surface area contributed by atoms with Crippen molar-refractivity contribution >= 4 is 0 Å². The van der Waals surface area contributed by atoms with Gasteiger partial charge in [0.15, 0.2) is 0 Å². The van der Waals surface area contributed by atoms with E-state index in [0.29, 0.717) is 0 Å². The first-order valence-electron chi connectivity index (χ1n) is 3.18. The van der Waals surface area contributed by atoms with E-state index < -0.39 is 0 Å². The standard InChI is InChI=1S/C8H14O/c1-4-8(9)6-5-7(2)3/h5-6,8-9H,2,4H2,1,3H3/b6-5-. The van der Waals surface area contributed by atoms with Gasteiger partial charge in [0.1, 0.15) is 0 Å². The Hall–Kier alpha value is -0.560. The Bertz CT molecular complexity index is 114. The fourth-order valence-electron chi connectivity index (χ4n) is 0.411. The summed E-state index contributed by atoms with van der Waals surface area (Å²) in [5.41, 5.74) is 0.975. The highest BCUT2D eigenvalue weighted by Crippen LogP contribution is 1.95. The molecule has 0 aliphatic heterocycles. The maximum atomic E-state index is 8.98. The second kappa shape index (κ2) is 4.33. The Balaban J connectivity index is 3.56. The van der Waals surface area contributed by atoms with Gasteiger partial charge in [-0.1, -0.05) is 31.2 Å². The molecular formula is C8H14O. The van der Waals surface area contributed by atoms with Crippen LogP contribution in [0.2, 0.25) is 0 Å². The van der Waals surface area contributed by atoms with Gasteiger partial charge >= 0.3 is 0 Å². The molecule has 0 spiro atoms. The van der Waals surface area contributed by atoms with Crippen molar-refractivity contribution in [3.63, 3.8) is 0 Å². The van der Waals surface area contributed by atoms with E-state index in [2.05, 4.69) is 6.58 Å². The van der Waals surface area contributed by atoms with E-state index >= 15 is 0 Å². The SMILES string of the molecule is C=C(C)/C=C\C(O)CC. The normalized spacial score (nSPS) is 14.1. The van der Waals surface area contributed by atoms with Crippen molar-refractivity contribution in [1.29, 1.82) is 0 Å². The Morgan fingerprint density at radius 1 is 1.78 bits per heavy atom. The Kier molecular flexibility index (Phi) is 4.06. The largest absolute Gasteiger partial charge is 0.389 e. The Morgan fingerprint density at radius 2 is 2.33 bits per heavy atom. The molecule has 1 heteroatoms. The molecule has 0 heterocycles. The van der Waals surface area contributed by atoms with Gasteiger partial charge in [0, 0.05) is 0 Å². The van der Waals surface area contributed by atoms with E-state index in [9.17, 15) is 0 Å². The third kappa shape index (κ3) is 5.31. The van der Waals surface area contributed by atoms with Crippen LogP contribution in [0.1, 0.15) is 20.3 Å². The molecule has 1 N–H and O–H groups in total. The number of rotatable bonds is 3. The number of hydrogen-bond acceptors (Lipinski definition) is 1. The van der Waals surface area contributed by atoms with E-state index in [1.165, 1.54) is 0 Å². The molecule has 0 rings (SSSR count). The molecule has 1 nitrogen and oxygen atoms in total. The molecule has 0 aromatic rings. The van der Waals surface area contributed by atoms with Gasteiger partial charge in [-0.15, -0.1) is 0 Å². The van der Waals surface area contributed by atoms with Crippen molar-refractivity contribution < 1.29 is 5.11 Å². The van der Waals surface area contributed by atoms with Gasteiger partial charge in [-0.2, -0.15) is 0 Å². The van der Waals surface area contributed by atoms with Crippen LogP contribution < -0.4 is 0 Å². The lowest BCUT2D eigenvalue weighted by Crippen LogP contribution is -1.97. The van der Waals surface area contributed by atoms with Crippen LogP contribution >= 0.6 is 0 Å². The summed E-state index contributed by atoms with van der Waals surface area (Å²) in [6.07, 6.45) is 4.04. The predicted octanol–water partition coefficient (Wildman–Crippen LogP) is 1.89. The van der Waals surface area contributed by atoms with Crippen LogP contribution in [0.25, 0.3) is 0 Å². The molecule has 0 radical (unpaired) electrons. The molecule has 0 aromatic carbocycles. The molecule has 0 amide bonds. The van der Waals surface area contributed by atoms with Gasteiger partial charge in [-0.25, -0.2) is 0 Å². The fraction of sp³-hybridized carbons (Fsp3) is 0.500. The van der Waals surface area contributed by atoms with Gasteiger partial charge in [0.25, 0.3) is 0 Å². The minimum absolute atomic E-state index is 0.304. The molecule has 1 unspecified atom stereocenters. The number of allylic oxidation sites excluding steroid dienone is 2. The van der Waals surface area contributed by atoms with Gasteiger partial charge in [0.05, 0.1) is 6.10 Å². The summed E-state index contributed by atoms with van der Waals surface area (Å²) in [4.78, 5) is 0.